The lowest BCUT2D eigenvalue weighted by molar-refractivity contribution is 0.356. The maximum absolute atomic E-state index is 5.53. The number of rotatable bonds is 0. The number of ether oxygens (including phenoxy) is 1. The van der Waals surface area contributed by atoms with Gasteiger partial charge in [0.15, 0.2) is 0 Å². The summed E-state index contributed by atoms with van der Waals surface area (Å²) >= 11 is 0. The van der Waals surface area contributed by atoms with Crippen molar-refractivity contribution in [3.63, 3.8) is 0 Å². The summed E-state index contributed by atoms with van der Waals surface area (Å²) in [5.41, 5.74) is 4.32. The van der Waals surface area contributed by atoms with E-state index in [9.17, 15) is 0 Å². The molecule has 1 aliphatic rings. The lowest BCUT2D eigenvalue weighted by Gasteiger charge is -1.98. The topological polar surface area (TPSA) is 27.1 Å². The molecule has 3 nitrogen and oxygen atoms in total. The molecule has 0 atom stereocenters. The number of aromatic nitrogens is 2. The molecule has 3 rings (SSSR count). The molecule has 3 heteroatoms. The molecule has 0 radical (unpaired) electrons. The Morgan fingerprint density at radius 2 is 2.22 bits per heavy atom. The van der Waals surface area contributed by atoms with Crippen LogP contribution < -0.4 is 4.74 Å². The van der Waals surface area contributed by atoms with Crippen molar-refractivity contribution in [3.05, 3.63) is 46.8 Å². The molecule has 2 heterocycles. The van der Waals surface area contributed by atoms with E-state index in [2.05, 4.69) is 23.0 Å². The molecule has 0 N–H and O–H groups in total. The second-order valence-electron chi connectivity index (χ2n) is 4.44. The van der Waals surface area contributed by atoms with Gasteiger partial charge in [-0.15, -0.1) is 0 Å². The van der Waals surface area contributed by atoms with Crippen LogP contribution in [0.4, 0.5) is 0 Å². The van der Waals surface area contributed by atoms with Crippen molar-refractivity contribution in [2.75, 3.05) is 6.61 Å². The Morgan fingerprint density at radius 1 is 1.33 bits per heavy atom. The summed E-state index contributed by atoms with van der Waals surface area (Å²) in [5, 5.41) is 4.18. The predicted molar refractivity (Wildman–Crippen MR) is 69.6 cm³/mol. The van der Waals surface area contributed by atoms with Gasteiger partial charge < -0.3 is 4.74 Å². The van der Waals surface area contributed by atoms with E-state index in [1.807, 2.05) is 30.8 Å². The molecule has 1 aromatic carbocycles. The highest BCUT2D eigenvalue weighted by Gasteiger charge is 2.11. The first-order chi connectivity index (χ1) is 8.74. The van der Waals surface area contributed by atoms with Crippen molar-refractivity contribution in [2.45, 2.75) is 13.3 Å². The van der Waals surface area contributed by atoms with Gasteiger partial charge in [-0.2, -0.15) is 5.10 Å². The van der Waals surface area contributed by atoms with Gasteiger partial charge in [0.1, 0.15) is 5.75 Å². The van der Waals surface area contributed by atoms with Gasteiger partial charge in [-0.25, -0.2) is 0 Å². The monoisotopic (exact) mass is 238 g/mol. The average molecular weight is 238 g/mol. The fourth-order valence-corrected chi connectivity index (χ4v) is 2.01. The Kier molecular flexibility index (Phi) is 2.56. The largest absolute Gasteiger partial charge is 0.493 e. The molecule has 0 spiro atoms. The molecule has 90 valence electrons. The van der Waals surface area contributed by atoms with Gasteiger partial charge in [0, 0.05) is 19.0 Å². The molecule has 0 saturated carbocycles. The molecule has 0 bridgehead atoms. The highest BCUT2D eigenvalue weighted by atomic mass is 16.5. The van der Waals surface area contributed by atoms with Crippen LogP contribution in [-0.2, 0) is 13.5 Å². The average Bonchev–Trinajstić information content (AvgIpc) is 2.96. The minimum atomic E-state index is 0.786. The van der Waals surface area contributed by atoms with Gasteiger partial charge in [0.05, 0.1) is 24.1 Å². The van der Waals surface area contributed by atoms with Crippen LogP contribution in [0.2, 0.25) is 0 Å². The predicted octanol–water partition coefficient (Wildman–Crippen LogP) is 2.06. The van der Waals surface area contributed by atoms with Crippen molar-refractivity contribution < 1.29 is 4.74 Å². The van der Waals surface area contributed by atoms with Gasteiger partial charge in [0.2, 0.25) is 0 Å². The van der Waals surface area contributed by atoms with E-state index < -0.39 is 0 Å². The Bertz CT molecular complexity index is 659. The van der Waals surface area contributed by atoms with E-state index in [0.29, 0.717) is 0 Å². The van der Waals surface area contributed by atoms with Crippen molar-refractivity contribution in [1.29, 1.82) is 0 Å². The number of aryl methyl sites for hydroxylation is 1. The standard InChI is InChI=1S/C15H14N2O/c1-11-14(10-16-17(11)2)6-4-12-3-5-13-7-8-18-15(13)9-12/h3,5,9-10H,7-8H2,1-2H3. The van der Waals surface area contributed by atoms with Crippen LogP contribution in [0.15, 0.2) is 24.4 Å². The van der Waals surface area contributed by atoms with E-state index in [0.717, 1.165) is 35.6 Å². The van der Waals surface area contributed by atoms with E-state index in [1.165, 1.54) is 5.56 Å². The van der Waals surface area contributed by atoms with Crippen LogP contribution in [0.5, 0.6) is 5.75 Å². The molecule has 0 unspecified atom stereocenters. The van der Waals surface area contributed by atoms with Crippen molar-refractivity contribution in [2.24, 2.45) is 7.05 Å². The Morgan fingerprint density at radius 3 is 3.00 bits per heavy atom. The lowest BCUT2D eigenvalue weighted by Crippen LogP contribution is -1.92. The summed E-state index contributed by atoms with van der Waals surface area (Å²) < 4.78 is 7.36. The van der Waals surface area contributed by atoms with Crippen molar-refractivity contribution in [1.82, 2.24) is 9.78 Å². The molecule has 0 aliphatic carbocycles. The van der Waals surface area contributed by atoms with E-state index >= 15 is 0 Å². The highest BCUT2D eigenvalue weighted by Crippen LogP contribution is 2.25. The zero-order valence-electron chi connectivity index (χ0n) is 10.5. The molecule has 0 saturated heterocycles. The quantitative estimate of drug-likeness (QED) is 0.657. The molecule has 0 fully saturated rings. The van der Waals surface area contributed by atoms with Crippen LogP contribution in [0.25, 0.3) is 0 Å². The van der Waals surface area contributed by atoms with Crippen LogP contribution in [0.1, 0.15) is 22.4 Å². The second kappa shape index (κ2) is 4.23. The summed E-state index contributed by atoms with van der Waals surface area (Å²) in [4.78, 5) is 0. The number of benzene rings is 1. The molecule has 1 aromatic heterocycles. The van der Waals surface area contributed by atoms with E-state index in [1.54, 1.807) is 6.20 Å². The minimum absolute atomic E-state index is 0.786. The number of nitrogens with zero attached hydrogens (tertiary/aromatic N) is 2. The van der Waals surface area contributed by atoms with Crippen molar-refractivity contribution >= 4 is 0 Å². The van der Waals surface area contributed by atoms with E-state index in [4.69, 9.17) is 4.74 Å². The van der Waals surface area contributed by atoms with Crippen molar-refractivity contribution in [3.8, 4) is 17.6 Å². The summed E-state index contributed by atoms with van der Waals surface area (Å²) in [5.74, 6) is 7.29. The SMILES string of the molecule is Cc1c(C#Cc2ccc3c(c2)OCC3)cnn1C. The first-order valence-electron chi connectivity index (χ1n) is 6.00. The molecule has 18 heavy (non-hydrogen) atoms. The van der Waals surface area contributed by atoms with Gasteiger partial charge >= 0.3 is 0 Å². The first kappa shape index (κ1) is 10.9. The summed E-state index contributed by atoms with van der Waals surface area (Å²) in [7, 11) is 1.92. The van der Waals surface area contributed by atoms with Crippen LogP contribution in [0, 0.1) is 18.8 Å². The summed E-state index contributed by atoms with van der Waals surface area (Å²) in [6.07, 6.45) is 2.80. The Labute approximate surface area is 106 Å². The maximum atomic E-state index is 5.53. The zero-order valence-corrected chi connectivity index (χ0v) is 10.5. The normalized spacial score (nSPS) is 12.6. The molecule has 0 amide bonds. The maximum Gasteiger partial charge on any atom is 0.123 e. The molecular formula is C15H14N2O. The van der Waals surface area contributed by atoms with Crippen LogP contribution in [-0.4, -0.2) is 16.4 Å². The lowest BCUT2D eigenvalue weighted by atomic mass is 10.1. The summed E-state index contributed by atoms with van der Waals surface area (Å²) in [6.45, 7) is 2.80. The molecule has 2 aromatic rings. The fourth-order valence-electron chi connectivity index (χ4n) is 2.01. The van der Waals surface area contributed by atoms with Gasteiger partial charge in [-0.3, -0.25) is 4.68 Å². The van der Waals surface area contributed by atoms with Crippen LogP contribution >= 0.6 is 0 Å². The van der Waals surface area contributed by atoms with Gasteiger partial charge in [-0.05, 0) is 24.6 Å². The second-order valence-corrected chi connectivity index (χ2v) is 4.44. The Hall–Kier alpha value is -2.21. The minimum Gasteiger partial charge on any atom is -0.493 e. The fraction of sp³-hybridized carbons (Fsp3) is 0.267. The zero-order chi connectivity index (χ0) is 12.5. The molecular weight excluding hydrogens is 224 g/mol. The van der Waals surface area contributed by atoms with E-state index in [-0.39, 0.29) is 0 Å². The van der Waals surface area contributed by atoms with Crippen LogP contribution in [0.3, 0.4) is 0 Å². The summed E-state index contributed by atoms with van der Waals surface area (Å²) in [6, 6.07) is 6.16. The Balaban J connectivity index is 1.92. The highest BCUT2D eigenvalue weighted by molar-refractivity contribution is 5.49. The third-order valence-electron chi connectivity index (χ3n) is 3.27. The number of hydrogen-bond donors (Lipinski definition) is 0. The third-order valence-corrected chi connectivity index (χ3v) is 3.27. The first-order valence-corrected chi connectivity index (χ1v) is 6.00. The number of hydrogen-bond acceptors (Lipinski definition) is 2. The number of fused-ring (bicyclic) bond motifs is 1. The van der Waals surface area contributed by atoms with Gasteiger partial charge in [0.25, 0.3) is 0 Å². The third kappa shape index (κ3) is 1.86. The smallest absolute Gasteiger partial charge is 0.123 e. The molecule has 1 aliphatic heterocycles. The van der Waals surface area contributed by atoms with Gasteiger partial charge in [-0.1, -0.05) is 17.9 Å².